The van der Waals surface area contributed by atoms with Crippen LogP contribution in [0.2, 0.25) is 5.02 Å². The standard InChI is InChI=1S/C8H6ClNO4.C2H6/c1-10-8(13)3-2-4(11)6(12)5(9)7(3)14-10;1-2/h2,11-12H,1H3;1-2H3. The lowest BCUT2D eigenvalue weighted by molar-refractivity contribution is 0.323. The molecule has 0 saturated carbocycles. The number of aryl methyl sites for hydroxylation is 1. The number of nitrogens with zero attached hydrogens (tertiary/aromatic N) is 1. The van der Waals surface area contributed by atoms with Gasteiger partial charge in [0, 0.05) is 13.1 Å². The highest BCUT2D eigenvalue weighted by Gasteiger charge is 2.17. The van der Waals surface area contributed by atoms with Gasteiger partial charge in [-0.2, -0.15) is 4.74 Å². The molecule has 2 N–H and O–H groups in total. The van der Waals surface area contributed by atoms with Gasteiger partial charge in [0.05, 0.1) is 5.39 Å². The summed E-state index contributed by atoms with van der Waals surface area (Å²) in [6, 6.07) is 1.11. The number of phenolic OH excluding ortho intramolecular Hbond substituents is 2. The molecule has 2 aromatic rings. The quantitative estimate of drug-likeness (QED) is 0.698. The maximum absolute atomic E-state index is 11.4. The molecular weight excluding hydrogens is 234 g/mol. The van der Waals surface area contributed by atoms with Gasteiger partial charge in [0.2, 0.25) is 0 Å². The Hall–Kier alpha value is -1.62. The summed E-state index contributed by atoms with van der Waals surface area (Å²) >= 11 is 5.66. The molecule has 5 nitrogen and oxygen atoms in total. The van der Waals surface area contributed by atoms with Crippen molar-refractivity contribution in [3.8, 4) is 11.5 Å². The van der Waals surface area contributed by atoms with Gasteiger partial charge >= 0.3 is 0 Å². The van der Waals surface area contributed by atoms with Crippen LogP contribution in [0, 0.1) is 0 Å². The molecule has 0 spiro atoms. The maximum atomic E-state index is 11.4. The summed E-state index contributed by atoms with van der Waals surface area (Å²) in [6.07, 6.45) is 0. The molecule has 1 aromatic heterocycles. The smallest absolute Gasteiger partial charge is 0.290 e. The second-order valence-electron chi connectivity index (χ2n) is 2.83. The number of phenols is 2. The van der Waals surface area contributed by atoms with Crippen molar-refractivity contribution in [3.05, 3.63) is 21.4 Å². The number of halogens is 1. The van der Waals surface area contributed by atoms with E-state index in [1.165, 1.54) is 7.05 Å². The van der Waals surface area contributed by atoms with Gasteiger partial charge in [0.25, 0.3) is 5.56 Å². The summed E-state index contributed by atoms with van der Waals surface area (Å²) in [5, 5.41) is 18.4. The number of hydrogen-bond acceptors (Lipinski definition) is 4. The zero-order chi connectivity index (χ0) is 12.5. The van der Waals surface area contributed by atoms with E-state index in [9.17, 15) is 15.0 Å². The summed E-state index contributed by atoms with van der Waals surface area (Å²) in [7, 11) is 1.41. The maximum Gasteiger partial charge on any atom is 0.290 e. The second-order valence-corrected chi connectivity index (χ2v) is 3.21. The Morgan fingerprint density at radius 1 is 1.38 bits per heavy atom. The van der Waals surface area contributed by atoms with Crippen LogP contribution in [0.25, 0.3) is 11.0 Å². The largest absolute Gasteiger partial charge is 0.504 e. The number of aromatic hydroxyl groups is 2. The lowest BCUT2D eigenvalue weighted by atomic mass is 10.2. The Morgan fingerprint density at radius 2 is 1.94 bits per heavy atom. The van der Waals surface area contributed by atoms with Crippen molar-refractivity contribution in [3.63, 3.8) is 0 Å². The monoisotopic (exact) mass is 245 g/mol. The minimum absolute atomic E-state index is 0.0643. The van der Waals surface area contributed by atoms with Gasteiger partial charge < -0.3 is 14.7 Å². The molecule has 0 unspecified atom stereocenters. The zero-order valence-corrected chi connectivity index (χ0v) is 9.87. The lowest BCUT2D eigenvalue weighted by Gasteiger charge is -1.98. The molecular formula is C10H12ClNO4. The van der Waals surface area contributed by atoms with Crippen LogP contribution in [-0.4, -0.2) is 15.0 Å². The van der Waals surface area contributed by atoms with Crippen LogP contribution in [0.3, 0.4) is 0 Å². The van der Waals surface area contributed by atoms with E-state index in [1.807, 2.05) is 13.8 Å². The minimum Gasteiger partial charge on any atom is -0.504 e. The number of fused-ring (bicyclic) bond motifs is 1. The Balaban J connectivity index is 0.000000606. The average molecular weight is 246 g/mol. The van der Waals surface area contributed by atoms with Gasteiger partial charge in [0.1, 0.15) is 5.02 Å². The minimum atomic E-state index is -0.492. The lowest BCUT2D eigenvalue weighted by Crippen LogP contribution is -2.08. The van der Waals surface area contributed by atoms with Crippen LogP contribution < -0.4 is 5.56 Å². The van der Waals surface area contributed by atoms with Crippen molar-refractivity contribution in [2.75, 3.05) is 0 Å². The predicted molar refractivity (Wildman–Crippen MR) is 61.1 cm³/mol. The van der Waals surface area contributed by atoms with E-state index >= 15 is 0 Å². The molecule has 0 aliphatic carbocycles. The Kier molecular flexibility index (Phi) is 3.49. The first-order valence-corrected chi connectivity index (χ1v) is 5.10. The summed E-state index contributed by atoms with van der Waals surface area (Å²) in [6.45, 7) is 4.00. The van der Waals surface area contributed by atoms with E-state index < -0.39 is 17.1 Å². The summed E-state index contributed by atoms with van der Waals surface area (Å²) in [5.74, 6) is -0.936. The van der Waals surface area contributed by atoms with Crippen molar-refractivity contribution in [2.24, 2.45) is 7.05 Å². The van der Waals surface area contributed by atoms with Crippen molar-refractivity contribution < 1.29 is 14.7 Å². The molecule has 0 fully saturated rings. The predicted octanol–water partition coefficient (Wildman–Crippen LogP) is 2.22. The molecule has 0 bridgehead atoms. The zero-order valence-electron chi connectivity index (χ0n) is 9.11. The van der Waals surface area contributed by atoms with Crippen molar-refractivity contribution in [1.29, 1.82) is 0 Å². The molecule has 0 atom stereocenters. The summed E-state index contributed by atoms with van der Waals surface area (Å²) in [4.78, 5) is 11.4. The highest BCUT2D eigenvalue weighted by molar-refractivity contribution is 6.36. The van der Waals surface area contributed by atoms with Crippen molar-refractivity contribution >= 4 is 22.6 Å². The molecule has 16 heavy (non-hydrogen) atoms. The SMILES string of the molecule is CC.Cn1oc2c(Cl)c(O)c(O)cc2c1=O. The first-order chi connectivity index (χ1) is 7.52. The first kappa shape index (κ1) is 12.4. The van der Waals surface area contributed by atoms with Gasteiger partial charge in [-0.25, -0.2) is 0 Å². The molecule has 0 saturated heterocycles. The van der Waals surface area contributed by atoms with Gasteiger partial charge in [0.15, 0.2) is 17.1 Å². The fraction of sp³-hybridized carbons (Fsp3) is 0.300. The van der Waals surface area contributed by atoms with Crippen LogP contribution in [0.4, 0.5) is 0 Å². The molecule has 0 aliphatic rings. The van der Waals surface area contributed by atoms with E-state index in [4.69, 9.17) is 16.1 Å². The molecule has 6 heteroatoms. The number of aromatic nitrogens is 1. The molecule has 0 aliphatic heterocycles. The third kappa shape index (κ3) is 1.74. The van der Waals surface area contributed by atoms with Gasteiger partial charge in [-0.3, -0.25) is 4.79 Å². The summed E-state index contributed by atoms with van der Waals surface area (Å²) in [5.41, 5.74) is -0.355. The van der Waals surface area contributed by atoms with Gasteiger partial charge in [-0.1, -0.05) is 25.4 Å². The highest BCUT2D eigenvalue weighted by atomic mass is 35.5. The van der Waals surface area contributed by atoms with Gasteiger partial charge in [-0.05, 0) is 0 Å². The number of hydrogen-bond donors (Lipinski definition) is 2. The third-order valence-electron chi connectivity index (χ3n) is 1.92. The molecule has 1 heterocycles. The second kappa shape index (κ2) is 4.49. The Morgan fingerprint density at radius 3 is 2.50 bits per heavy atom. The normalized spacial score (nSPS) is 10.0. The fourth-order valence-electron chi connectivity index (χ4n) is 1.20. The summed E-state index contributed by atoms with van der Waals surface area (Å²) < 4.78 is 5.93. The van der Waals surface area contributed by atoms with Crippen LogP contribution >= 0.6 is 11.6 Å². The van der Waals surface area contributed by atoms with Crippen LogP contribution in [0.5, 0.6) is 11.5 Å². The fourth-order valence-corrected chi connectivity index (χ4v) is 1.44. The van der Waals surface area contributed by atoms with E-state index in [0.717, 1.165) is 10.8 Å². The molecule has 0 radical (unpaired) electrons. The van der Waals surface area contributed by atoms with Crippen LogP contribution in [0.1, 0.15) is 13.8 Å². The highest BCUT2D eigenvalue weighted by Crippen LogP contribution is 2.38. The molecule has 2 rings (SSSR count). The topological polar surface area (TPSA) is 75.6 Å². The van der Waals surface area contributed by atoms with E-state index in [0.29, 0.717) is 0 Å². The van der Waals surface area contributed by atoms with Crippen LogP contribution in [0.15, 0.2) is 15.4 Å². The molecule has 0 amide bonds. The van der Waals surface area contributed by atoms with Crippen molar-refractivity contribution in [1.82, 2.24) is 4.74 Å². The average Bonchev–Trinajstić information content (AvgIpc) is 2.57. The number of benzene rings is 1. The Bertz CT molecular complexity index is 570. The van der Waals surface area contributed by atoms with E-state index in [-0.39, 0.29) is 16.0 Å². The van der Waals surface area contributed by atoms with E-state index in [2.05, 4.69) is 0 Å². The van der Waals surface area contributed by atoms with Crippen LogP contribution in [-0.2, 0) is 7.05 Å². The van der Waals surface area contributed by atoms with Gasteiger partial charge in [-0.15, -0.1) is 0 Å². The number of rotatable bonds is 0. The third-order valence-corrected chi connectivity index (χ3v) is 2.27. The van der Waals surface area contributed by atoms with Crippen molar-refractivity contribution in [2.45, 2.75) is 13.8 Å². The Labute approximate surface area is 96.4 Å². The first-order valence-electron chi connectivity index (χ1n) is 4.73. The molecule has 1 aromatic carbocycles. The van der Waals surface area contributed by atoms with E-state index in [1.54, 1.807) is 0 Å². The molecule has 88 valence electrons.